The zero-order chi connectivity index (χ0) is 16.4. The Kier molecular flexibility index (Phi) is 4.50. The van der Waals surface area contributed by atoms with Crippen molar-refractivity contribution in [3.8, 4) is 5.75 Å². The minimum absolute atomic E-state index is 0.00632. The highest BCUT2D eigenvalue weighted by Crippen LogP contribution is 2.40. The number of amides is 1. The first kappa shape index (κ1) is 16.8. The summed E-state index contributed by atoms with van der Waals surface area (Å²) >= 11 is 0. The summed E-state index contributed by atoms with van der Waals surface area (Å²) in [5, 5.41) is 20.3. The number of carboxylic acids is 1. The average molecular weight is 305 g/mol. The Morgan fingerprint density at radius 1 is 1.24 bits per heavy atom. The number of benzene rings is 1. The molecule has 0 unspecified atom stereocenters. The quantitative estimate of drug-likeness (QED) is 0.746. The van der Waals surface area contributed by atoms with E-state index in [9.17, 15) is 27.9 Å². The SMILES string of the molecule is CC(C)(CC(=O)Nc1ccc(O)c(C(=O)O)c1)C(F)(F)F. The van der Waals surface area contributed by atoms with Crippen molar-refractivity contribution < 1.29 is 33.0 Å². The molecule has 0 aliphatic rings. The summed E-state index contributed by atoms with van der Waals surface area (Å²) in [5.74, 6) is -2.82. The van der Waals surface area contributed by atoms with Crippen LogP contribution >= 0.6 is 0 Å². The van der Waals surface area contributed by atoms with Gasteiger partial charge in [-0.05, 0) is 18.2 Å². The smallest absolute Gasteiger partial charge is 0.394 e. The highest BCUT2D eigenvalue weighted by Gasteiger charge is 2.48. The largest absolute Gasteiger partial charge is 0.507 e. The molecule has 0 saturated carbocycles. The van der Waals surface area contributed by atoms with Gasteiger partial charge in [0, 0.05) is 12.1 Å². The van der Waals surface area contributed by atoms with E-state index in [2.05, 4.69) is 5.32 Å². The molecule has 0 bridgehead atoms. The van der Waals surface area contributed by atoms with Gasteiger partial charge in [0.15, 0.2) is 0 Å². The third kappa shape index (κ3) is 4.11. The second-order valence-corrected chi connectivity index (χ2v) is 5.14. The second-order valence-electron chi connectivity index (χ2n) is 5.14. The summed E-state index contributed by atoms with van der Waals surface area (Å²) in [6, 6.07) is 3.20. The molecule has 0 aliphatic heterocycles. The molecule has 1 amide bonds. The number of aromatic hydroxyl groups is 1. The molecule has 0 spiro atoms. The number of hydrogen-bond acceptors (Lipinski definition) is 3. The predicted molar refractivity (Wildman–Crippen MR) is 68.1 cm³/mol. The molecule has 0 radical (unpaired) electrons. The average Bonchev–Trinajstić information content (AvgIpc) is 2.29. The van der Waals surface area contributed by atoms with E-state index in [4.69, 9.17) is 5.11 Å². The van der Waals surface area contributed by atoms with E-state index in [1.165, 1.54) is 6.07 Å². The molecule has 0 heterocycles. The van der Waals surface area contributed by atoms with Crippen LogP contribution in [0.15, 0.2) is 18.2 Å². The molecule has 3 N–H and O–H groups in total. The lowest BCUT2D eigenvalue weighted by Gasteiger charge is -2.26. The highest BCUT2D eigenvalue weighted by atomic mass is 19.4. The van der Waals surface area contributed by atoms with Crippen LogP contribution in [0.5, 0.6) is 5.75 Å². The van der Waals surface area contributed by atoms with Crippen LogP contribution in [0.2, 0.25) is 0 Å². The summed E-state index contributed by atoms with van der Waals surface area (Å²) in [6.45, 7) is 1.79. The Balaban J connectivity index is 2.85. The molecule has 1 aromatic rings. The molecule has 0 saturated heterocycles. The summed E-state index contributed by atoms with van der Waals surface area (Å²) in [4.78, 5) is 22.4. The van der Waals surface area contributed by atoms with Gasteiger partial charge in [0.25, 0.3) is 0 Å². The van der Waals surface area contributed by atoms with Crippen LogP contribution in [0.25, 0.3) is 0 Å². The number of carbonyl (C=O) groups excluding carboxylic acids is 1. The number of carboxylic acid groups (broad SMARTS) is 1. The van der Waals surface area contributed by atoms with Gasteiger partial charge in [-0.2, -0.15) is 13.2 Å². The lowest BCUT2D eigenvalue weighted by molar-refractivity contribution is -0.213. The van der Waals surface area contributed by atoms with Crippen LogP contribution < -0.4 is 5.32 Å². The van der Waals surface area contributed by atoms with Crippen LogP contribution in [0.4, 0.5) is 18.9 Å². The number of hydrogen-bond donors (Lipinski definition) is 3. The minimum atomic E-state index is -4.54. The summed E-state index contributed by atoms with van der Waals surface area (Å²) in [7, 11) is 0. The molecule has 116 valence electrons. The standard InChI is InChI=1S/C13H14F3NO4/c1-12(2,13(14,15)16)6-10(19)17-7-3-4-9(18)8(5-7)11(20)21/h3-5,18H,6H2,1-2H3,(H,17,19)(H,20,21). The fraction of sp³-hybridized carbons (Fsp3) is 0.385. The van der Waals surface area contributed by atoms with E-state index in [-0.39, 0.29) is 5.69 Å². The number of rotatable bonds is 4. The summed E-state index contributed by atoms with van der Waals surface area (Å²) < 4.78 is 38.0. The lowest BCUT2D eigenvalue weighted by Crippen LogP contribution is -2.35. The molecule has 0 aromatic heterocycles. The third-order valence-electron chi connectivity index (χ3n) is 2.88. The number of carbonyl (C=O) groups is 2. The minimum Gasteiger partial charge on any atom is -0.507 e. The maximum absolute atomic E-state index is 12.7. The van der Waals surface area contributed by atoms with E-state index in [0.29, 0.717) is 0 Å². The molecule has 0 atom stereocenters. The highest BCUT2D eigenvalue weighted by molar-refractivity contribution is 5.95. The molecular weight excluding hydrogens is 291 g/mol. The van der Waals surface area contributed by atoms with E-state index in [1.807, 2.05) is 0 Å². The van der Waals surface area contributed by atoms with Crippen molar-refractivity contribution in [3.05, 3.63) is 23.8 Å². The molecule has 0 aliphatic carbocycles. The van der Waals surface area contributed by atoms with Crippen LogP contribution in [0, 0.1) is 5.41 Å². The van der Waals surface area contributed by atoms with E-state index < -0.39 is 41.2 Å². The van der Waals surface area contributed by atoms with E-state index in [1.54, 1.807) is 0 Å². The zero-order valence-electron chi connectivity index (χ0n) is 11.3. The first-order valence-corrected chi connectivity index (χ1v) is 5.87. The van der Waals surface area contributed by atoms with Crippen molar-refractivity contribution in [3.63, 3.8) is 0 Å². The maximum Gasteiger partial charge on any atom is 0.394 e. The van der Waals surface area contributed by atoms with Gasteiger partial charge in [0.05, 0.1) is 5.41 Å². The van der Waals surface area contributed by atoms with Crippen molar-refractivity contribution in [2.24, 2.45) is 5.41 Å². The first-order valence-electron chi connectivity index (χ1n) is 5.87. The Hall–Kier alpha value is -2.25. The Morgan fingerprint density at radius 2 is 1.81 bits per heavy atom. The normalized spacial score (nSPS) is 12.0. The molecule has 1 rings (SSSR count). The third-order valence-corrected chi connectivity index (χ3v) is 2.88. The lowest BCUT2D eigenvalue weighted by atomic mass is 9.88. The van der Waals surface area contributed by atoms with Crippen molar-refractivity contribution in [1.82, 2.24) is 0 Å². The summed E-state index contributed by atoms with van der Waals surface area (Å²) in [6.07, 6.45) is -5.34. The second kappa shape index (κ2) is 5.63. The van der Waals surface area contributed by atoms with Gasteiger partial charge in [-0.1, -0.05) is 13.8 Å². The van der Waals surface area contributed by atoms with Gasteiger partial charge in [-0.3, -0.25) is 4.79 Å². The predicted octanol–water partition coefficient (Wildman–Crippen LogP) is 3.01. The van der Waals surface area contributed by atoms with Gasteiger partial charge in [0.1, 0.15) is 11.3 Å². The number of alkyl halides is 3. The topological polar surface area (TPSA) is 86.6 Å². The Bertz CT molecular complexity index is 567. The molecule has 0 fully saturated rings. The molecule has 21 heavy (non-hydrogen) atoms. The Morgan fingerprint density at radius 3 is 2.29 bits per heavy atom. The number of aromatic carboxylic acids is 1. The van der Waals surface area contributed by atoms with Crippen LogP contribution in [0.1, 0.15) is 30.6 Å². The van der Waals surface area contributed by atoms with Crippen molar-refractivity contribution >= 4 is 17.6 Å². The van der Waals surface area contributed by atoms with Gasteiger partial charge in [-0.25, -0.2) is 4.79 Å². The fourth-order valence-corrected chi connectivity index (χ4v) is 1.49. The molecular formula is C13H14F3NO4. The van der Waals surface area contributed by atoms with Gasteiger partial charge < -0.3 is 15.5 Å². The summed E-state index contributed by atoms with van der Waals surface area (Å²) in [5.41, 5.74) is -2.67. The van der Waals surface area contributed by atoms with Crippen LogP contribution in [-0.2, 0) is 4.79 Å². The number of halogens is 3. The van der Waals surface area contributed by atoms with Crippen molar-refractivity contribution in [1.29, 1.82) is 0 Å². The van der Waals surface area contributed by atoms with E-state index in [0.717, 1.165) is 26.0 Å². The van der Waals surface area contributed by atoms with E-state index >= 15 is 0 Å². The molecule has 5 nitrogen and oxygen atoms in total. The van der Waals surface area contributed by atoms with Crippen LogP contribution in [-0.4, -0.2) is 28.3 Å². The van der Waals surface area contributed by atoms with Crippen LogP contribution in [0.3, 0.4) is 0 Å². The van der Waals surface area contributed by atoms with Gasteiger partial charge >= 0.3 is 12.1 Å². The van der Waals surface area contributed by atoms with Crippen molar-refractivity contribution in [2.75, 3.05) is 5.32 Å². The molecule has 1 aromatic carbocycles. The maximum atomic E-state index is 12.7. The van der Waals surface area contributed by atoms with Gasteiger partial charge in [0.2, 0.25) is 5.91 Å². The fourth-order valence-electron chi connectivity index (χ4n) is 1.49. The van der Waals surface area contributed by atoms with Gasteiger partial charge in [-0.15, -0.1) is 0 Å². The zero-order valence-corrected chi connectivity index (χ0v) is 11.3. The van der Waals surface area contributed by atoms with Crippen molar-refractivity contribution in [2.45, 2.75) is 26.4 Å². The number of anilines is 1. The Labute approximate surface area is 118 Å². The first-order chi connectivity index (χ1) is 9.44. The monoisotopic (exact) mass is 305 g/mol. The number of nitrogens with one attached hydrogen (secondary N) is 1. The number of phenols is 1. The molecule has 8 heteroatoms.